The Balaban J connectivity index is 1.57. The zero-order chi connectivity index (χ0) is 17.7. The first-order valence-corrected chi connectivity index (χ1v) is 8.30. The molecule has 134 valence electrons. The van der Waals surface area contributed by atoms with Crippen LogP contribution in [0, 0.1) is 5.41 Å². The fraction of sp³-hybridized carbons (Fsp3) is 0.625. The van der Waals surface area contributed by atoms with Crippen LogP contribution in [0.4, 0.5) is 13.2 Å². The summed E-state index contributed by atoms with van der Waals surface area (Å²) in [6, 6.07) is 0. The highest BCUT2D eigenvalue weighted by Crippen LogP contribution is 2.57. The number of nitrogens with two attached hydrogens (primary N) is 1. The third kappa shape index (κ3) is 2.70. The van der Waals surface area contributed by atoms with Crippen LogP contribution in [-0.2, 0) is 11.6 Å². The van der Waals surface area contributed by atoms with Crippen molar-refractivity contribution >= 4 is 0 Å². The van der Waals surface area contributed by atoms with E-state index in [1.54, 1.807) is 0 Å². The van der Waals surface area contributed by atoms with Crippen LogP contribution in [0.1, 0.15) is 50.1 Å². The van der Waals surface area contributed by atoms with Gasteiger partial charge in [0.25, 0.3) is 0 Å². The second-order valence-electron chi connectivity index (χ2n) is 7.19. The zero-order valence-corrected chi connectivity index (χ0v) is 13.5. The first kappa shape index (κ1) is 16.4. The lowest BCUT2D eigenvalue weighted by atomic mass is 9.53. The van der Waals surface area contributed by atoms with Gasteiger partial charge in [-0.3, -0.25) is 0 Å². The molecular weight excluding hydrogens is 335 g/mol. The number of rotatable bonds is 3. The smallest absolute Gasteiger partial charge is 0.338 e. The molecule has 2 aromatic rings. The molecule has 0 radical (unpaired) electrons. The van der Waals surface area contributed by atoms with Crippen LogP contribution in [-0.4, -0.2) is 26.7 Å². The van der Waals surface area contributed by atoms with Crippen molar-refractivity contribution in [1.82, 2.24) is 20.1 Å². The number of aromatic nitrogens is 4. The molecule has 9 heteroatoms. The lowest BCUT2D eigenvalue weighted by molar-refractivity contribution is -0.141. The summed E-state index contributed by atoms with van der Waals surface area (Å²) in [5, 5.41) is 3.91. The SMILES string of the molecule is NCC12CCC(c3nc(-c4cnc(C(F)(F)F)cn4)no3)(CC1)CC2. The minimum atomic E-state index is -4.52. The van der Waals surface area contributed by atoms with Gasteiger partial charge in [0.2, 0.25) is 11.7 Å². The van der Waals surface area contributed by atoms with Gasteiger partial charge in [-0.05, 0) is 50.5 Å². The summed E-state index contributed by atoms with van der Waals surface area (Å²) in [4.78, 5) is 11.6. The van der Waals surface area contributed by atoms with E-state index in [0.29, 0.717) is 18.6 Å². The number of alkyl halides is 3. The lowest BCUT2D eigenvalue weighted by Gasteiger charge is -2.51. The van der Waals surface area contributed by atoms with Crippen molar-refractivity contribution in [1.29, 1.82) is 0 Å². The maximum absolute atomic E-state index is 12.6. The van der Waals surface area contributed by atoms with Gasteiger partial charge in [0, 0.05) is 5.41 Å². The maximum atomic E-state index is 12.6. The van der Waals surface area contributed by atoms with Crippen LogP contribution in [0.2, 0.25) is 0 Å². The number of nitrogens with zero attached hydrogens (tertiary/aromatic N) is 4. The molecule has 0 saturated heterocycles. The Morgan fingerprint density at radius 2 is 1.72 bits per heavy atom. The summed E-state index contributed by atoms with van der Waals surface area (Å²) in [7, 11) is 0. The standard InChI is InChI=1S/C16H18F3N5O/c17-16(18,19)11-8-21-10(7-22-11)12-23-13(25-24-12)15-4-1-14(9-20,2-5-15)3-6-15/h7-8H,1-6,9,20H2. The average Bonchev–Trinajstić information content (AvgIpc) is 3.14. The molecule has 2 aromatic heterocycles. The van der Waals surface area contributed by atoms with Crippen molar-refractivity contribution in [3.63, 3.8) is 0 Å². The number of hydrogen-bond acceptors (Lipinski definition) is 6. The molecule has 0 aromatic carbocycles. The largest absolute Gasteiger partial charge is 0.434 e. The van der Waals surface area contributed by atoms with Gasteiger partial charge in [-0.2, -0.15) is 18.2 Å². The Kier molecular flexibility index (Phi) is 3.61. The zero-order valence-electron chi connectivity index (χ0n) is 13.5. The molecule has 3 aliphatic carbocycles. The normalized spacial score (nSPS) is 29.1. The van der Waals surface area contributed by atoms with E-state index in [0.717, 1.165) is 44.7 Å². The molecule has 2 heterocycles. The van der Waals surface area contributed by atoms with Crippen molar-refractivity contribution in [2.45, 2.75) is 50.1 Å². The lowest BCUT2D eigenvalue weighted by Crippen LogP contribution is -2.47. The van der Waals surface area contributed by atoms with Gasteiger partial charge in [-0.25, -0.2) is 9.97 Å². The summed E-state index contributed by atoms with van der Waals surface area (Å²) in [6.07, 6.45) is 3.16. The predicted molar refractivity (Wildman–Crippen MR) is 81.2 cm³/mol. The molecule has 0 atom stereocenters. The number of hydrogen-bond donors (Lipinski definition) is 1. The average molecular weight is 353 g/mol. The molecule has 6 nitrogen and oxygen atoms in total. The van der Waals surface area contributed by atoms with Crippen LogP contribution < -0.4 is 5.73 Å². The quantitative estimate of drug-likeness (QED) is 0.912. The minimum absolute atomic E-state index is 0.137. The third-order valence-electron chi connectivity index (χ3n) is 5.89. The molecular formula is C16H18F3N5O. The van der Waals surface area contributed by atoms with E-state index >= 15 is 0 Å². The third-order valence-corrected chi connectivity index (χ3v) is 5.89. The molecule has 25 heavy (non-hydrogen) atoms. The second kappa shape index (κ2) is 5.48. The molecule has 2 bridgehead atoms. The van der Waals surface area contributed by atoms with E-state index in [1.165, 1.54) is 0 Å². The Hall–Kier alpha value is -2.03. The van der Waals surface area contributed by atoms with Gasteiger partial charge < -0.3 is 10.3 Å². The Labute approximate surface area is 142 Å². The van der Waals surface area contributed by atoms with E-state index in [1.807, 2.05) is 0 Å². The number of halogens is 3. The minimum Gasteiger partial charge on any atom is -0.338 e. The maximum Gasteiger partial charge on any atom is 0.434 e. The topological polar surface area (TPSA) is 90.7 Å². The summed E-state index contributed by atoms with van der Waals surface area (Å²) in [5.41, 5.74) is 5.17. The van der Waals surface area contributed by atoms with Crippen LogP contribution >= 0.6 is 0 Å². The van der Waals surface area contributed by atoms with Crippen molar-refractivity contribution in [3.05, 3.63) is 24.0 Å². The van der Waals surface area contributed by atoms with Crippen molar-refractivity contribution in [2.24, 2.45) is 11.1 Å². The monoisotopic (exact) mass is 353 g/mol. The van der Waals surface area contributed by atoms with Crippen LogP contribution in [0.5, 0.6) is 0 Å². The molecule has 3 fully saturated rings. The molecule has 5 rings (SSSR count). The van der Waals surface area contributed by atoms with Gasteiger partial charge in [-0.1, -0.05) is 5.16 Å². The van der Waals surface area contributed by atoms with Gasteiger partial charge in [-0.15, -0.1) is 0 Å². The first-order valence-electron chi connectivity index (χ1n) is 8.30. The van der Waals surface area contributed by atoms with E-state index in [9.17, 15) is 13.2 Å². The summed E-state index contributed by atoms with van der Waals surface area (Å²) < 4.78 is 43.2. The molecule has 0 unspecified atom stereocenters. The highest BCUT2D eigenvalue weighted by atomic mass is 19.4. The fourth-order valence-electron chi connectivity index (χ4n) is 4.02. The molecule has 3 aliphatic rings. The fourth-order valence-corrected chi connectivity index (χ4v) is 4.02. The molecule has 0 amide bonds. The number of fused-ring (bicyclic) bond motifs is 3. The van der Waals surface area contributed by atoms with Crippen molar-refractivity contribution in [3.8, 4) is 11.5 Å². The molecule has 3 saturated carbocycles. The van der Waals surface area contributed by atoms with Gasteiger partial charge in [0.15, 0.2) is 5.69 Å². The molecule has 2 N–H and O–H groups in total. The van der Waals surface area contributed by atoms with Gasteiger partial charge in [0.05, 0.1) is 12.4 Å². The van der Waals surface area contributed by atoms with E-state index in [-0.39, 0.29) is 22.3 Å². The molecule has 0 aliphatic heterocycles. The van der Waals surface area contributed by atoms with Crippen LogP contribution in [0.3, 0.4) is 0 Å². The van der Waals surface area contributed by atoms with Gasteiger partial charge in [0.1, 0.15) is 5.69 Å². The Morgan fingerprint density at radius 3 is 2.24 bits per heavy atom. The summed E-state index contributed by atoms with van der Waals surface area (Å²) in [5.74, 6) is 0.723. The summed E-state index contributed by atoms with van der Waals surface area (Å²) in [6.45, 7) is 0.708. The molecule has 0 spiro atoms. The van der Waals surface area contributed by atoms with E-state index in [4.69, 9.17) is 10.3 Å². The van der Waals surface area contributed by atoms with Crippen molar-refractivity contribution in [2.75, 3.05) is 6.54 Å². The first-order chi connectivity index (χ1) is 11.9. The van der Waals surface area contributed by atoms with Crippen LogP contribution in [0.15, 0.2) is 16.9 Å². The van der Waals surface area contributed by atoms with E-state index in [2.05, 4.69) is 20.1 Å². The Bertz CT molecular complexity index is 746. The Morgan fingerprint density at radius 1 is 1.04 bits per heavy atom. The highest BCUT2D eigenvalue weighted by molar-refractivity contribution is 5.46. The van der Waals surface area contributed by atoms with Crippen molar-refractivity contribution < 1.29 is 17.7 Å². The van der Waals surface area contributed by atoms with Gasteiger partial charge >= 0.3 is 6.18 Å². The van der Waals surface area contributed by atoms with Crippen LogP contribution in [0.25, 0.3) is 11.5 Å². The second-order valence-corrected chi connectivity index (χ2v) is 7.19. The van der Waals surface area contributed by atoms with E-state index < -0.39 is 11.9 Å². The highest BCUT2D eigenvalue weighted by Gasteiger charge is 2.51. The summed E-state index contributed by atoms with van der Waals surface area (Å²) >= 11 is 0. The predicted octanol–water partition coefficient (Wildman–Crippen LogP) is 3.10.